The number of fused-ring (bicyclic) bond motifs is 1. The summed E-state index contributed by atoms with van der Waals surface area (Å²) in [7, 11) is 1.97. The van der Waals surface area contributed by atoms with Crippen LogP contribution in [0, 0.1) is 0 Å². The molecular formula is C16H22N6OS. The lowest BCUT2D eigenvalue weighted by atomic mass is 9.93. The van der Waals surface area contributed by atoms with Gasteiger partial charge >= 0.3 is 6.03 Å². The van der Waals surface area contributed by atoms with Crippen LogP contribution in [-0.4, -0.2) is 51.9 Å². The Bertz CT molecular complexity index is 704. The molecule has 128 valence electrons. The Morgan fingerprint density at radius 3 is 2.92 bits per heavy atom. The first-order chi connectivity index (χ1) is 11.7. The summed E-state index contributed by atoms with van der Waals surface area (Å²) in [6.07, 6.45) is 6.86. The number of anilines is 1. The van der Waals surface area contributed by atoms with Crippen LogP contribution in [0.25, 0.3) is 0 Å². The van der Waals surface area contributed by atoms with Crippen LogP contribution in [0.2, 0.25) is 0 Å². The fourth-order valence-electron chi connectivity index (χ4n) is 3.57. The van der Waals surface area contributed by atoms with Crippen molar-refractivity contribution in [3.05, 3.63) is 29.0 Å². The number of thiazole rings is 1. The fraction of sp³-hybridized carbons (Fsp3) is 0.562. The van der Waals surface area contributed by atoms with E-state index in [1.165, 1.54) is 11.3 Å². The molecule has 1 aliphatic carbocycles. The minimum Gasteiger partial charge on any atom is -0.345 e. The largest absolute Gasteiger partial charge is 0.345 e. The third-order valence-electron chi connectivity index (χ3n) is 4.93. The molecule has 0 aromatic carbocycles. The number of hydrogen-bond acceptors (Lipinski definition) is 5. The maximum atomic E-state index is 12.6. The third-order valence-corrected chi connectivity index (χ3v) is 5.76. The molecule has 1 saturated heterocycles. The Morgan fingerprint density at radius 1 is 1.33 bits per heavy atom. The van der Waals surface area contributed by atoms with Gasteiger partial charge in [0, 0.05) is 56.1 Å². The average molecular weight is 346 g/mol. The van der Waals surface area contributed by atoms with Gasteiger partial charge in [-0.1, -0.05) is 0 Å². The van der Waals surface area contributed by atoms with Gasteiger partial charge in [0.25, 0.3) is 0 Å². The normalized spacial score (nSPS) is 20.8. The maximum absolute atomic E-state index is 12.6. The Morgan fingerprint density at radius 2 is 2.17 bits per heavy atom. The van der Waals surface area contributed by atoms with Crippen molar-refractivity contribution in [1.82, 2.24) is 25.0 Å². The molecule has 3 heterocycles. The number of aromatic nitrogens is 3. The molecule has 4 rings (SSSR count). The van der Waals surface area contributed by atoms with Gasteiger partial charge in [0.2, 0.25) is 0 Å². The molecule has 0 radical (unpaired) electrons. The fourth-order valence-corrected chi connectivity index (χ4v) is 4.27. The van der Waals surface area contributed by atoms with E-state index < -0.39 is 0 Å². The highest BCUT2D eigenvalue weighted by atomic mass is 32.1. The van der Waals surface area contributed by atoms with Crippen molar-refractivity contribution in [2.45, 2.75) is 25.3 Å². The smallest absolute Gasteiger partial charge is 0.318 e. The Hall–Kier alpha value is -2.09. The van der Waals surface area contributed by atoms with E-state index in [0.717, 1.165) is 50.6 Å². The first-order valence-electron chi connectivity index (χ1n) is 8.43. The summed E-state index contributed by atoms with van der Waals surface area (Å²) in [6, 6.07) is 0.127. The number of amides is 2. The highest BCUT2D eigenvalue weighted by Crippen LogP contribution is 2.29. The molecule has 1 N–H and O–H groups in total. The molecule has 1 atom stereocenters. The second-order valence-corrected chi connectivity index (χ2v) is 7.23. The Kier molecular flexibility index (Phi) is 4.13. The maximum Gasteiger partial charge on any atom is 0.318 e. The van der Waals surface area contributed by atoms with Gasteiger partial charge in [-0.05, 0) is 19.3 Å². The van der Waals surface area contributed by atoms with Crippen molar-refractivity contribution in [3.63, 3.8) is 0 Å². The zero-order chi connectivity index (χ0) is 16.5. The number of hydrogen-bond donors (Lipinski definition) is 1. The highest BCUT2D eigenvalue weighted by molar-refractivity contribution is 7.13. The van der Waals surface area contributed by atoms with Crippen LogP contribution in [0.15, 0.2) is 17.8 Å². The number of nitrogens with one attached hydrogen (secondary N) is 1. The summed E-state index contributed by atoms with van der Waals surface area (Å²) in [5.41, 5.74) is 2.43. The highest BCUT2D eigenvalue weighted by Gasteiger charge is 2.28. The van der Waals surface area contributed by atoms with Crippen molar-refractivity contribution in [2.24, 2.45) is 7.05 Å². The number of aryl methyl sites for hydroxylation is 1. The molecule has 2 aromatic rings. The van der Waals surface area contributed by atoms with Crippen LogP contribution in [0.1, 0.15) is 30.1 Å². The number of carbonyl (C=O) groups is 1. The van der Waals surface area contributed by atoms with Crippen molar-refractivity contribution >= 4 is 22.5 Å². The molecule has 2 amide bonds. The van der Waals surface area contributed by atoms with Crippen molar-refractivity contribution in [1.29, 1.82) is 0 Å². The SMILES string of the molecule is Cn1ncc2c1CCCC2NC(=O)N1CCN(c2nccs2)CC1. The molecule has 8 heteroatoms. The van der Waals surface area contributed by atoms with Crippen molar-refractivity contribution < 1.29 is 4.79 Å². The van der Waals surface area contributed by atoms with Gasteiger partial charge < -0.3 is 15.1 Å². The number of rotatable bonds is 2. The van der Waals surface area contributed by atoms with E-state index in [2.05, 4.69) is 20.3 Å². The molecule has 0 saturated carbocycles. The zero-order valence-electron chi connectivity index (χ0n) is 13.8. The number of piperazine rings is 1. The zero-order valence-corrected chi connectivity index (χ0v) is 14.6. The van der Waals surface area contributed by atoms with Crippen LogP contribution in [-0.2, 0) is 13.5 Å². The van der Waals surface area contributed by atoms with Gasteiger partial charge in [-0.3, -0.25) is 4.68 Å². The van der Waals surface area contributed by atoms with E-state index >= 15 is 0 Å². The van der Waals surface area contributed by atoms with Crippen LogP contribution >= 0.6 is 11.3 Å². The van der Waals surface area contributed by atoms with Crippen molar-refractivity contribution in [2.75, 3.05) is 31.1 Å². The summed E-state index contributed by atoms with van der Waals surface area (Å²) in [4.78, 5) is 21.1. The first kappa shape index (κ1) is 15.4. The van der Waals surface area contributed by atoms with E-state index in [0.29, 0.717) is 0 Å². The lowest BCUT2D eigenvalue weighted by Gasteiger charge is -2.35. The molecule has 2 aliphatic rings. The van der Waals surface area contributed by atoms with Gasteiger partial charge in [0.15, 0.2) is 5.13 Å². The molecule has 24 heavy (non-hydrogen) atoms. The predicted octanol–water partition coefficient (Wildman–Crippen LogP) is 1.79. The van der Waals surface area contributed by atoms with E-state index in [9.17, 15) is 4.79 Å². The van der Waals surface area contributed by atoms with E-state index in [1.54, 1.807) is 11.3 Å². The van der Waals surface area contributed by atoms with Gasteiger partial charge in [-0.2, -0.15) is 5.10 Å². The van der Waals surface area contributed by atoms with Gasteiger partial charge in [0.1, 0.15) is 0 Å². The number of nitrogens with zero attached hydrogens (tertiary/aromatic N) is 5. The molecule has 2 aromatic heterocycles. The minimum atomic E-state index is 0.0375. The topological polar surface area (TPSA) is 66.3 Å². The van der Waals surface area contributed by atoms with Crippen LogP contribution in [0.4, 0.5) is 9.93 Å². The monoisotopic (exact) mass is 346 g/mol. The number of urea groups is 1. The minimum absolute atomic E-state index is 0.0375. The van der Waals surface area contributed by atoms with Crippen LogP contribution in [0.5, 0.6) is 0 Å². The summed E-state index contributed by atoms with van der Waals surface area (Å²) in [6.45, 7) is 3.14. The Balaban J connectivity index is 1.36. The molecular weight excluding hydrogens is 324 g/mol. The molecule has 7 nitrogen and oxygen atoms in total. The van der Waals surface area contributed by atoms with E-state index in [4.69, 9.17) is 0 Å². The van der Waals surface area contributed by atoms with Crippen LogP contribution in [0.3, 0.4) is 0 Å². The van der Waals surface area contributed by atoms with E-state index in [-0.39, 0.29) is 12.1 Å². The second-order valence-electron chi connectivity index (χ2n) is 6.35. The lowest BCUT2D eigenvalue weighted by Crippen LogP contribution is -2.52. The number of carbonyl (C=O) groups excluding carboxylic acids is 1. The first-order valence-corrected chi connectivity index (χ1v) is 9.31. The van der Waals surface area contributed by atoms with Crippen LogP contribution < -0.4 is 10.2 Å². The van der Waals surface area contributed by atoms with Gasteiger partial charge in [0.05, 0.1) is 12.2 Å². The summed E-state index contributed by atoms with van der Waals surface area (Å²) in [5, 5.41) is 10.6. The summed E-state index contributed by atoms with van der Waals surface area (Å²) < 4.78 is 1.93. The van der Waals surface area contributed by atoms with Gasteiger partial charge in [-0.15, -0.1) is 11.3 Å². The summed E-state index contributed by atoms with van der Waals surface area (Å²) in [5.74, 6) is 0. The molecule has 1 unspecified atom stereocenters. The molecule has 1 fully saturated rings. The lowest BCUT2D eigenvalue weighted by molar-refractivity contribution is 0.189. The average Bonchev–Trinajstić information content (AvgIpc) is 3.26. The molecule has 1 aliphatic heterocycles. The predicted molar refractivity (Wildman–Crippen MR) is 93.3 cm³/mol. The second kappa shape index (κ2) is 6.43. The molecule has 0 bridgehead atoms. The Labute approximate surface area is 145 Å². The summed E-state index contributed by atoms with van der Waals surface area (Å²) >= 11 is 1.65. The standard InChI is InChI=1S/C16H22N6OS/c1-20-14-4-2-3-13(12(14)11-18-20)19-15(23)21-6-8-22(9-7-21)16-17-5-10-24-16/h5,10-11,13H,2-4,6-9H2,1H3,(H,19,23). The van der Waals surface area contributed by atoms with E-state index in [1.807, 2.05) is 34.4 Å². The van der Waals surface area contributed by atoms with Crippen molar-refractivity contribution in [3.8, 4) is 0 Å². The third kappa shape index (κ3) is 2.86. The molecule has 0 spiro atoms. The quantitative estimate of drug-likeness (QED) is 0.900. The van der Waals surface area contributed by atoms with Gasteiger partial charge in [-0.25, -0.2) is 9.78 Å².